The van der Waals surface area contributed by atoms with Crippen LogP contribution in [0.5, 0.6) is 0 Å². The predicted octanol–water partition coefficient (Wildman–Crippen LogP) is 3.65. The van der Waals surface area contributed by atoms with E-state index in [9.17, 15) is 4.79 Å². The van der Waals surface area contributed by atoms with Crippen molar-refractivity contribution in [1.82, 2.24) is 4.90 Å². The quantitative estimate of drug-likeness (QED) is 0.683. The smallest absolute Gasteiger partial charge is 0.410 e. The Labute approximate surface area is 115 Å². The highest BCUT2D eigenvalue weighted by Crippen LogP contribution is 2.48. The molecule has 4 heteroatoms. The molecule has 0 aromatic heterocycles. The van der Waals surface area contributed by atoms with Crippen molar-refractivity contribution in [2.24, 2.45) is 11.3 Å². The molecule has 0 aromatic rings. The molecule has 1 spiro atoms. The molecule has 0 N–H and O–H groups in total. The Bertz CT molecular complexity index is 326. The normalized spacial score (nSPS) is 32.2. The predicted molar refractivity (Wildman–Crippen MR) is 72.9 cm³/mol. The first kappa shape index (κ1) is 14.0. The van der Waals surface area contributed by atoms with Gasteiger partial charge in [-0.2, -0.15) is 0 Å². The number of carbonyl (C=O) groups excluding carboxylic acids is 1. The van der Waals surface area contributed by atoms with Gasteiger partial charge in [0.1, 0.15) is 5.60 Å². The van der Waals surface area contributed by atoms with E-state index in [0.717, 1.165) is 25.4 Å². The van der Waals surface area contributed by atoms with E-state index in [1.165, 1.54) is 19.3 Å². The van der Waals surface area contributed by atoms with Crippen LogP contribution in [0.15, 0.2) is 0 Å². The molecule has 0 bridgehead atoms. The molecular weight excluding hydrogens is 250 g/mol. The number of likely N-dealkylation sites (tertiary alicyclic amines) is 1. The maximum atomic E-state index is 12.0. The summed E-state index contributed by atoms with van der Waals surface area (Å²) < 4.78 is 5.44. The number of nitrogens with zero attached hydrogens (tertiary/aromatic N) is 1. The third-order valence-corrected chi connectivity index (χ3v) is 4.55. The molecule has 2 fully saturated rings. The summed E-state index contributed by atoms with van der Waals surface area (Å²) in [4.78, 5) is 13.9. The number of ether oxygens (including phenoxy) is 1. The van der Waals surface area contributed by atoms with Crippen molar-refractivity contribution in [1.29, 1.82) is 0 Å². The second kappa shape index (κ2) is 4.92. The molecule has 1 amide bonds. The monoisotopic (exact) mass is 273 g/mol. The van der Waals surface area contributed by atoms with Crippen molar-refractivity contribution in [2.45, 2.75) is 52.1 Å². The SMILES string of the molecule is CC(C)(C)OC(=O)N1CC[C@]2(CC[C@H](CCl)C2)C1. The van der Waals surface area contributed by atoms with Crippen LogP contribution in [0.1, 0.15) is 46.5 Å². The number of hydrogen-bond donors (Lipinski definition) is 0. The van der Waals surface area contributed by atoms with Gasteiger partial charge in [-0.05, 0) is 57.8 Å². The maximum absolute atomic E-state index is 12.0. The van der Waals surface area contributed by atoms with E-state index in [0.29, 0.717) is 11.3 Å². The zero-order chi connectivity index (χ0) is 13.4. The summed E-state index contributed by atoms with van der Waals surface area (Å²) in [6, 6.07) is 0. The second-order valence-electron chi connectivity index (χ2n) is 6.92. The topological polar surface area (TPSA) is 29.5 Å². The standard InChI is InChI=1S/C14H24ClNO2/c1-13(2,3)18-12(17)16-7-6-14(10-16)5-4-11(8-14)9-15/h11H,4-10H2,1-3H3/t11-,14-/m0/s1. The third-order valence-electron chi connectivity index (χ3n) is 4.11. The molecule has 3 nitrogen and oxygen atoms in total. The van der Waals surface area contributed by atoms with E-state index in [1.807, 2.05) is 25.7 Å². The summed E-state index contributed by atoms with van der Waals surface area (Å²) in [6.07, 6.45) is 4.55. The molecule has 1 aliphatic carbocycles. The van der Waals surface area contributed by atoms with Gasteiger partial charge in [-0.15, -0.1) is 11.6 Å². The van der Waals surface area contributed by atoms with Crippen molar-refractivity contribution in [3.63, 3.8) is 0 Å². The van der Waals surface area contributed by atoms with E-state index in [4.69, 9.17) is 16.3 Å². The van der Waals surface area contributed by atoms with E-state index in [2.05, 4.69) is 0 Å². The fourth-order valence-corrected chi connectivity index (χ4v) is 3.51. The van der Waals surface area contributed by atoms with E-state index in [-0.39, 0.29) is 6.09 Å². The minimum atomic E-state index is -0.402. The zero-order valence-corrected chi connectivity index (χ0v) is 12.4. The molecule has 18 heavy (non-hydrogen) atoms. The fourth-order valence-electron chi connectivity index (χ4n) is 3.25. The largest absolute Gasteiger partial charge is 0.444 e. The van der Waals surface area contributed by atoms with Gasteiger partial charge in [-0.25, -0.2) is 4.79 Å². The Kier molecular flexibility index (Phi) is 3.82. The zero-order valence-electron chi connectivity index (χ0n) is 11.7. The summed E-state index contributed by atoms with van der Waals surface area (Å²) in [5, 5.41) is 0. The maximum Gasteiger partial charge on any atom is 0.410 e. The first-order valence-corrected chi connectivity index (χ1v) is 7.41. The highest BCUT2D eigenvalue weighted by atomic mass is 35.5. The van der Waals surface area contributed by atoms with Gasteiger partial charge in [0.05, 0.1) is 0 Å². The number of hydrogen-bond acceptors (Lipinski definition) is 2. The Balaban J connectivity index is 1.91. The van der Waals surface area contributed by atoms with Crippen molar-refractivity contribution in [2.75, 3.05) is 19.0 Å². The molecule has 1 saturated carbocycles. The molecule has 0 aromatic carbocycles. The molecule has 0 unspecified atom stereocenters. The van der Waals surface area contributed by atoms with Crippen molar-refractivity contribution < 1.29 is 9.53 Å². The average Bonchev–Trinajstić information content (AvgIpc) is 2.84. The van der Waals surface area contributed by atoms with Gasteiger partial charge in [0, 0.05) is 19.0 Å². The van der Waals surface area contributed by atoms with Crippen molar-refractivity contribution in [3.8, 4) is 0 Å². The number of alkyl halides is 1. The third kappa shape index (κ3) is 3.11. The Hall–Kier alpha value is -0.440. The number of carbonyl (C=O) groups is 1. The summed E-state index contributed by atoms with van der Waals surface area (Å²) in [5.41, 5.74) is -0.0718. The van der Waals surface area contributed by atoms with Gasteiger partial charge in [-0.3, -0.25) is 0 Å². The second-order valence-corrected chi connectivity index (χ2v) is 7.22. The van der Waals surface area contributed by atoms with E-state index < -0.39 is 5.60 Å². The lowest BCUT2D eigenvalue weighted by atomic mass is 9.85. The van der Waals surface area contributed by atoms with Gasteiger partial charge in [0.15, 0.2) is 0 Å². The Morgan fingerprint density at radius 3 is 2.72 bits per heavy atom. The summed E-state index contributed by atoms with van der Waals surface area (Å²) in [7, 11) is 0. The molecule has 104 valence electrons. The van der Waals surface area contributed by atoms with E-state index in [1.54, 1.807) is 0 Å². The summed E-state index contributed by atoms with van der Waals surface area (Å²) in [6.45, 7) is 7.43. The Morgan fingerprint density at radius 1 is 1.44 bits per heavy atom. The van der Waals surface area contributed by atoms with E-state index >= 15 is 0 Å². The first-order chi connectivity index (χ1) is 8.34. The first-order valence-electron chi connectivity index (χ1n) is 6.87. The molecule has 1 aliphatic heterocycles. The van der Waals surface area contributed by atoms with Crippen LogP contribution in [-0.4, -0.2) is 35.6 Å². The summed E-state index contributed by atoms with van der Waals surface area (Å²) in [5.74, 6) is 1.40. The van der Waals surface area contributed by atoms with Gasteiger partial charge in [0.25, 0.3) is 0 Å². The van der Waals surface area contributed by atoms with Crippen molar-refractivity contribution in [3.05, 3.63) is 0 Å². The lowest BCUT2D eigenvalue weighted by Crippen LogP contribution is -2.36. The molecule has 2 rings (SSSR count). The number of rotatable bonds is 1. The van der Waals surface area contributed by atoms with Gasteiger partial charge in [-0.1, -0.05) is 0 Å². The molecule has 2 aliphatic rings. The van der Waals surface area contributed by atoms with Crippen LogP contribution in [0.2, 0.25) is 0 Å². The fraction of sp³-hybridized carbons (Fsp3) is 0.929. The lowest BCUT2D eigenvalue weighted by molar-refractivity contribution is 0.0273. The van der Waals surface area contributed by atoms with Gasteiger partial charge < -0.3 is 9.64 Å². The van der Waals surface area contributed by atoms with Crippen LogP contribution in [0, 0.1) is 11.3 Å². The molecular formula is C14H24ClNO2. The van der Waals surface area contributed by atoms with Crippen LogP contribution in [0.4, 0.5) is 4.79 Å². The summed E-state index contributed by atoms with van der Waals surface area (Å²) >= 11 is 5.95. The molecule has 1 heterocycles. The average molecular weight is 274 g/mol. The molecule has 0 radical (unpaired) electrons. The minimum Gasteiger partial charge on any atom is -0.444 e. The van der Waals surface area contributed by atoms with Crippen LogP contribution >= 0.6 is 11.6 Å². The molecule has 2 atom stereocenters. The van der Waals surface area contributed by atoms with Crippen molar-refractivity contribution >= 4 is 17.7 Å². The minimum absolute atomic E-state index is 0.159. The highest BCUT2D eigenvalue weighted by molar-refractivity contribution is 6.18. The Morgan fingerprint density at radius 2 is 2.17 bits per heavy atom. The van der Waals surface area contributed by atoms with Crippen LogP contribution in [-0.2, 0) is 4.74 Å². The highest BCUT2D eigenvalue weighted by Gasteiger charge is 2.45. The van der Waals surface area contributed by atoms with Crippen LogP contribution in [0.3, 0.4) is 0 Å². The van der Waals surface area contributed by atoms with Crippen LogP contribution in [0.25, 0.3) is 0 Å². The number of amides is 1. The lowest BCUT2D eigenvalue weighted by Gasteiger charge is -2.27. The van der Waals surface area contributed by atoms with Gasteiger partial charge in [0.2, 0.25) is 0 Å². The number of halogens is 1. The van der Waals surface area contributed by atoms with Gasteiger partial charge >= 0.3 is 6.09 Å². The molecule has 1 saturated heterocycles. The van der Waals surface area contributed by atoms with Crippen LogP contribution < -0.4 is 0 Å².